The molecule has 0 bridgehead atoms. The molecule has 2 heterocycles. The Kier molecular flexibility index (Phi) is 6.88. The standard InChI is InChI=1S/C27H31N5O4/c1-17-8-7-9-19(14-17)16-35-22-13-12-20(15-23(22)34-3)25-24(18(2)28-27-29-30-31-32(25)27)26(33)36-21-10-5-4-6-11-21/h7-9,12-15,21,25H,4-6,10-11,16H2,1-3H3,(H,28,29,31). The zero-order valence-corrected chi connectivity index (χ0v) is 20.9. The second kappa shape index (κ2) is 10.4. The highest BCUT2D eigenvalue weighted by Crippen LogP contribution is 2.39. The van der Waals surface area contributed by atoms with Crippen LogP contribution in [0.4, 0.5) is 5.95 Å². The Balaban J connectivity index is 1.44. The van der Waals surface area contributed by atoms with Crippen molar-refractivity contribution < 1.29 is 19.0 Å². The molecule has 2 aliphatic rings. The number of benzene rings is 2. The molecule has 0 spiro atoms. The summed E-state index contributed by atoms with van der Waals surface area (Å²) in [5.74, 6) is 1.29. The molecule has 1 N–H and O–H groups in total. The molecule has 0 saturated heterocycles. The van der Waals surface area contributed by atoms with Gasteiger partial charge in [0, 0.05) is 5.70 Å². The highest BCUT2D eigenvalue weighted by molar-refractivity contribution is 5.92. The molecule has 1 fully saturated rings. The van der Waals surface area contributed by atoms with Crippen LogP contribution in [0.15, 0.2) is 53.7 Å². The average molecular weight is 490 g/mol. The van der Waals surface area contributed by atoms with E-state index >= 15 is 0 Å². The van der Waals surface area contributed by atoms with Gasteiger partial charge < -0.3 is 19.5 Å². The van der Waals surface area contributed by atoms with Crippen LogP contribution in [0.3, 0.4) is 0 Å². The summed E-state index contributed by atoms with van der Waals surface area (Å²) in [6.45, 7) is 4.32. The van der Waals surface area contributed by atoms with Crippen LogP contribution >= 0.6 is 0 Å². The van der Waals surface area contributed by atoms with Crippen molar-refractivity contribution in [3.8, 4) is 11.5 Å². The normalized spacial score (nSPS) is 17.8. The Bertz CT molecular complexity index is 1280. The van der Waals surface area contributed by atoms with Gasteiger partial charge in [-0.3, -0.25) is 0 Å². The van der Waals surface area contributed by atoms with Crippen molar-refractivity contribution in [2.45, 2.75) is 64.7 Å². The van der Waals surface area contributed by atoms with E-state index in [0.29, 0.717) is 35.3 Å². The quantitative estimate of drug-likeness (QED) is 0.475. The van der Waals surface area contributed by atoms with Gasteiger partial charge in [0.25, 0.3) is 0 Å². The van der Waals surface area contributed by atoms with E-state index in [1.807, 2.05) is 37.3 Å². The van der Waals surface area contributed by atoms with Crippen LogP contribution in [0.1, 0.15) is 61.8 Å². The Labute approximate surface area is 210 Å². The number of ether oxygens (including phenoxy) is 3. The van der Waals surface area contributed by atoms with Crippen LogP contribution in [-0.4, -0.2) is 39.4 Å². The number of carbonyl (C=O) groups excluding carboxylic acids is 1. The smallest absolute Gasteiger partial charge is 0.338 e. The second-order valence-electron chi connectivity index (χ2n) is 9.37. The Morgan fingerprint density at radius 2 is 1.92 bits per heavy atom. The van der Waals surface area contributed by atoms with Gasteiger partial charge in [0.1, 0.15) is 18.8 Å². The van der Waals surface area contributed by atoms with E-state index in [0.717, 1.165) is 36.8 Å². The monoisotopic (exact) mass is 489 g/mol. The number of aromatic nitrogens is 4. The third-order valence-corrected chi connectivity index (χ3v) is 6.74. The van der Waals surface area contributed by atoms with Crippen LogP contribution < -0.4 is 14.8 Å². The molecule has 9 heteroatoms. The first-order valence-corrected chi connectivity index (χ1v) is 12.4. The average Bonchev–Trinajstić information content (AvgIpc) is 3.35. The van der Waals surface area contributed by atoms with Gasteiger partial charge in [-0.2, -0.15) is 4.68 Å². The Hall–Kier alpha value is -3.88. The molecule has 5 rings (SSSR count). The first-order chi connectivity index (χ1) is 17.5. The Morgan fingerprint density at radius 1 is 1.08 bits per heavy atom. The van der Waals surface area contributed by atoms with Crippen molar-refractivity contribution in [1.82, 2.24) is 20.2 Å². The van der Waals surface area contributed by atoms with E-state index < -0.39 is 6.04 Å². The molecule has 9 nitrogen and oxygen atoms in total. The third kappa shape index (κ3) is 4.91. The Morgan fingerprint density at radius 3 is 2.69 bits per heavy atom. The highest BCUT2D eigenvalue weighted by atomic mass is 16.5. The molecule has 36 heavy (non-hydrogen) atoms. The lowest BCUT2D eigenvalue weighted by Gasteiger charge is -2.29. The predicted octanol–water partition coefficient (Wildman–Crippen LogP) is 4.73. The zero-order chi connectivity index (χ0) is 25.1. The van der Waals surface area contributed by atoms with E-state index in [1.165, 1.54) is 12.0 Å². The number of carbonyl (C=O) groups is 1. The molecule has 0 radical (unpaired) electrons. The molecule has 1 unspecified atom stereocenters. The summed E-state index contributed by atoms with van der Waals surface area (Å²) >= 11 is 0. The van der Waals surface area contributed by atoms with Crippen molar-refractivity contribution >= 4 is 11.9 Å². The number of tetrazole rings is 1. The van der Waals surface area contributed by atoms with Gasteiger partial charge in [-0.05, 0) is 73.2 Å². The topological polar surface area (TPSA) is 100 Å². The molecule has 3 aromatic rings. The van der Waals surface area contributed by atoms with Crippen LogP contribution in [0.2, 0.25) is 0 Å². The van der Waals surface area contributed by atoms with Gasteiger partial charge in [-0.25, -0.2) is 4.79 Å². The minimum absolute atomic E-state index is 0.0607. The summed E-state index contributed by atoms with van der Waals surface area (Å²) in [5, 5.41) is 15.2. The first-order valence-electron chi connectivity index (χ1n) is 12.4. The number of nitrogens with zero attached hydrogens (tertiary/aromatic N) is 4. The summed E-state index contributed by atoms with van der Waals surface area (Å²) in [6.07, 6.45) is 5.08. The van der Waals surface area contributed by atoms with Gasteiger partial charge >= 0.3 is 5.97 Å². The van der Waals surface area contributed by atoms with Crippen molar-refractivity contribution in [2.75, 3.05) is 12.4 Å². The number of hydrogen-bond donors (Lipinski definition) is 1. The summed E-state index contributed by atoms with van der Waals surface area (Å²) in [4.78, 5) is 13.4. The third-order valence-electron chi connectivity index (χ3n) is 6.74. The van der Waals surface area contributed by atoms with Crippen molar-refractivity contribution in [3.05, 3.63) is 70.4 Å². The fraction of sp³-hybridized carbons (Fsp3) is 0.407. The maximum Gasteiger partial charge on any atom is 0.338 e. The summed E-state index contributed by atoms with van der Waals surface area (Å²) in [7, 11) is 1.60. The molecular formula is C27H31N5O4. The number of nitrogens with one attached hydrogen (secondary N) is 1. The van der Waals surface area contributed by atoms with E-state index in [2.05, 4.69) is 39.9 Å². The van der Waals surface area contributed by atoms with Gasteiger partial charge in [-0.15, -0.1) is 0 Å². The van der Waals surface area contributed by atoms with E-state index in [9.17, 15) is 4.79 Å². The van der Waals surface area contributed by atoms with E-state index in [1.54, 1.807) is 11.8 Å². The largest absolute Gasteiger partial charge is 0.493 e. The lowest BCUT2D eigenvalue weighted by Crippen LogP contribution is -2.32. The molecular weight excluding hydrogens is 458 g/mol. The minimum atomic E-state index is -0.563. The number of esters is 1. The van der Waals surface area contributed by atoms with Gasteiger partial charge in [0.2, 0.25) is 5.95 Å². The van der Waals surface area contributed by atoms with Crippen LogP contribution in [0.25, 0.3) is 0 Å². The van der Waals surface area contributed by atoms with Gasteiger partial charge in [-0.1, -0.05) is 47.4 Å². The first kappa shape index (κ1) is 23.8. The van der Waals surface area contributed by atoms with Gasteiger partial charge in [0.15, 0.2) is 11.5 Å². The molecule has 188 valence electrons. The van der Waals surface area contributed by atoms with Crippen molar-refractivity contribution in [1.29, 1.82) is 0 Å². The molecule has 1 aliphatic carbocycles. The lowest BCUT2D eigenvalue weighted by atomic mass is 9.94. The zero-order valence-electron chi connectivity index (χ0n) is 20.9. The number of rotatable bonds is 7. The molecule has 2 aromatic carbocycles. The highest BCUT2D eigenvalue weighted by Gasteiger charge is 2.36. The molecule has 0 amide bonds. The van der Waals surface area contributed by atoms with Crippen molar-refractivity contribution in [3.63, 3.8) is 0 Å². The number of hydrogen-bond acceptors (Lipinski definition) is 8. The molecule has 1 saturated carbocycles. The number of allylic oxidation sites excluding steroid dienone is 1. The fourth-order valence-corrected chi connectivity index (χ4v) is 4.92. The fourth-order valence-electron chi connectivity index (χ4n) is 4.92. The van der Waals surface area contributed by atoms with Crippen LogP contribution in [0, 0.1) is 6.92 Å². The lowest BCUT2D eigenvalue weighted by molar-refractivity contribution is -0.146. The summed E-state index contributed by atoms with van der Waals surface area (Å²) in [5.41, 5.74) is 4.19. The van der Waals surface area contributed by atoms with Crippen LogP contribution in [0.5, 0.6) is 11.5 Å². The predicted molar refractivity (Wildman–Crippen MR) is 134 cm³/mol. The van der Waals surface area contributed by atoms with Crippen molar-refractivity contribution in [2.24, 2.45) is 0 Å². The second-order valence-corrected chi connectivity index (χ2v) is 9.37. The number of fused-ring (bicyclic) bond motifs is 1. The number of anilines is 1. The maximum absolute atomic E-state index is 13.4. The molecule has 1 atom stereocenters. The SMILES string of the molecule is COc1cc(C2C(C(=O)OC3CCCCC3)=C(C)Nc3nnnn32)ccc1OCc1cccc(C)c1. The minimum Gasteiger partial charge on any atom is -0.493 e. The van der Waals surface area contributed by atoms with Gasteiger partial charge in [0.05, 0.1) is 12.7 Å². The maximum atomic E-state index is 13.4. The molecule has 1 aromatic heterocycles. The number of aryl methyl sites for hydroxylation is 1. The summed E-state index contributed by atoms with van der Waals surface area (Å²) < 4.78 is 19.3. The summed E-state index contributed by atoms with van der Waals surface area (Å²) in [6, 6.07) is 13.3. The van der Waals surface area contributed by atoms with Crippen LogP contribution in [-0.2, 0) is 16.1 Å². The van der Waals surface area contributed by atoms with E-state index in [-0.39, 0.29) is 12.1 Å². The number of methoxy groups -OCH3 is 1. The van der Waals surface area contributed by atoms with E-state index in [4.69, 9.17) is 14.2 Å². The molecule has 1 aliphatic heterocycles.